The number of nitriles is 1. The van der Waals surface area contributed by atoms with Crippen molar-refractivity contribution in [1.29, 1.82) is 5.26 Å². The first kappa shape index (κ1) is 20.9. The zero-order valence-corrected chi connectivity index (χ0v) is 18.0. The minimum atomic E-state index is 0.273. The van der Waals surface area contributed by atoms with E-state index in [4.69, 9.17) is 10.2 Å². The van der Waals surface area contributed by atoms with Gasteiger partial charge in [0.25, 0.3) is 0 Å². The molecule has 4 rings (SSSR count). The van der Waals surface area contributed by atoms with Crippen LogP contribution < -0.4 is 10.6 Å². The third-order valence-corrected chi connectivity index (χ3v) is 5.93. The van der Waals surface area contributed by atoms with Gasteiger partial charge in [0.1, 0.15) is 5.69 Å². The average molecular weight is 421 g/mol. The van der Waals surface area contributed by atoms with Crippen LogP contribution in [0.1, 0.15) is 44.7 Å². The van der Waals surface area contributed by atoms with Crippen LogP contribution in [0.4, 0.5) is 29.1 Å². The first-order chi connectivity index (χ1) is 15.1. The maximum atomic E-state index is 8.96. The lowest BCUT2D eigenvalue weighted by atomic mass is 9.97. The van der Waals surface area contributed by atoms with Crippen LogP contribution in [0.25, 0.3) is 0 Å². The van der Waals surface area contributed by atoms with E-state index in [9.17, 15) is 0 Å². The molecule has 3 atom stereocenters. The molecule has 2 aromatic heterocycles. The van der Waals surface area contributed by atoms with Crippen LogP contribution in [0, 0.1) is 18.3 Å². The van der Waals surface area contributed by atoms with Crippen LogP contribution in [0.15, 0.2) is 16.1 Å². The molecule has 0 saturated carbocycles. The summed E-state index contributed by atoms with van der Waals surface area (Å²) < 4.78 is 0. The molecule has 0 spiro atoms. The highest BCUT2D eigenvalue weighted by Gasteiger charge is 2.40. The average Bonchev–Trinajstić information content (AvgIpc) is 3.26. The lowest BCUT2D eigenvalue weighted by Gasteiger charge is -2.39. The molecule has 0 aromatic carbocycles. The Balaban J connectivity index is 1.57. The van der Waals surface area contributed by atoms with Gasteiger partial charge in [0.05, 0.1) is 6.07 Å². The Morgan fingerprint density at radius 3 is 2.74 bits per heavy atom. The van der Waals surface area contributed by atoms with Crippen molar-refractivity contribution in [2.45, 2.75) is 64.1 Å². The molecule has 2 aliphatic heterocycles. The summed E-state index contributed by atoms with van der Waals surface area (Å²) in [5.74, 6) is 2.08. The van der Waals surface area contributed by atoms with E-state index < -0.39 is 0 Å². The van der Waals surface area contributed by atoms with Crippen LogP contribution >= 0.6 is 0 Å². The molecule has 4 heterocycles. The number of fused-ring (bicyclic) bond motifs is 2. The first-order valence-electron chi connectivity index (χ1n) is 10.7. The fourth-order valence-corrected chi connectivity index (χ4v) is 4.68. The van der Waals surface area contributed by atoms with E-state index in [1.807, 2.05) is 19.9 Å². The number of nitrogens with one attached hydrogen (secondary N) is 3. The van der Waals surface area contributed by atoms with E-state index in [0.29, 0.717) is 47.6 Å². The zero-order chi connectivity index (χ0) is 21.8. The molecule has 162 valence electrons. The number of aromatic amines is 1. The maximum absolute atomic E-state index is 8.96. The molecule has 2 aliphatic rings. The second kappa shape index (κ2) is 9.22. The summed E-state index contributed by atoms with van der Waals surface area (Å²) in [6.45, 7) is 8.30. The molecule has 2 bridgehead atoms. The molecule has 10 nitrogen and oxygen atoms in total. The van der Waals surface area contributed by atoms with Gasteiger partial charge >= 0.3 is 0 Å². The Labute approximate surface area is 181 Å². The summed E-state index contributed by atoms with van der Waals surface area (Å²) >= 11 is 0. The summed E-state index contributed by atoms with van der Waals surface area (Å²) in [5, 5.41) is 22.8. The molecular weight excluding hydrogens is 392 g/mol. The highest BCUT2D eigenvalue weighted by Crippen LogP contribution is 2.39. The number of anilines is 3. The largest absolute Gasteiger partial charge is 0.365 e. The van der Waals surface area contributed by atoms with E-state index in [1.165, 1.54) is 12.8 Å². The number of rotatable bonds is 8. The van der Waals surface area contributed by atoms with Crippen LogP contribution in [0.5, 0.6) is 0 Å². The standard InChI is InChI=1S/C21H28N10/c1-4-24-18-19(23-3)27-21(26-17-10-13(2)29-30-17)28-20(18)25-14-11-15-6-7-16(12-14)31(15)9-5-8-22/h4,10,14-16H,3,5-7,9,11-12H2,1-2H3,(H3,25,26,27,28,29,30)/b24-4-/t14-,15-,16+. The summed E-state index contributed by atoms with van der Waals surface area (Å²) in [5.41, 5.74) is 1.52. The van der Waals surface area contributed by atoms with Crippen molar-refractivity contribution < 1.29 is 0 Å². The number of hydrogen-bond acceptors (Lipinski definition) is 9. The van der Waals surface area contributed by atoms with Crippen molar-refractivity contribution in [2.24, 2.45) is 9.98 Å². The molecule has 0 unspecified atom stereocenters. The predicted octanol–water partition coefficient (Wildman–Crippen LogP) is 3.63. The van der Waals surface area contributed by atoms with Crippen LogP contribution in [-0.2, 0) is 0 Å². The van der Waals surface area contributed by atoms with Gasteiger partial charge < -0.3 is 10.6 Å². The van der Waals surface area contributed by atoms with Crippen LogP contribution in [-0.4, -0.2) is 62.7 Å². The molecule has 0 amide bonds. The lowest BCUT2D eigenvalue weighted by molar-refractivity contribution is 0.136. The zero-order valence-electron chi connectivity index (χ0n) is 18.0. The van der Waals surface area contributed by atoms with Gasteiger partial charge in [-0.25, -0.2) is 4.99 Å². The summed E-state index contributed by atoms with van der Waals surface area (Å²) in [6.07, 6.45) is 6.68. The number of nitrogens with zero attached hydrogens (tertiary/aromatic N) is 7. The molecule has 2 aromatic rings. The Bertz CT molecular complexity index is 990. The van der Waals surface area contributed by atoms with Crippen molar-refractivity contribution >= 4 is 42.0 Å². The smallest absolute Gasteiger partial charge is 0.232 e. The van der Waals surface area contributed by atoms with Crippen LogP contribution in [0.2, 0.25) is 0 Å². The molecule has 0 aliphatic carbocycles. The van der Waals surface area contributed by atoms with Gasteiger partial charge in [-0.15, -0.1) is 0 Å². The maximum Gasteiger partial charge on any atom is 0.232 e. The molecule has 10 heteroatoms. The number of aromatic nitrogens is 4. The normalized spacial score (nSPS) is 23.1. The van der Waals surface area contributed by atoms with Crippen LogP contribution in [0.3, 0.4) is 0 Å². The minimum Gasteiger partial charge on any atom is -0.365 e. The van der Waals surface area contributed by atoms with E-state index in [1.54, 1.807) is 6.21 Å². The molecule has 31 heavy (non-hydrogen) atoms. The van der Waals surface area contributed by atoms with Gasteiger partial charge in [0.2, 0.25) is 5.95 Å². The second-order valence-electron chi connectivity index (χ2n) is 8.02. The van der Waals surface area contributed by atoms with E-state index >= 15 is 0 Å². The van der Waals surface area contributed by atoms with Crippen molar-refractivity contribution in [1.82, 2.24) is 25.1 Å². The highest BCUT2D eigenvalue weighted by atomic mass is 15.3. The molecular formula is C21H28N10. The van der Waals surface area contributed by atoms with Crippen molar-refractivity contribution in [3.63, 3.8) is 0 Å². The van der Waals surface area contributed by atoms with Crippen molar-refractivity contribution in [3.05, 3.63) is 11.8 Å². The van der Waals surface area contributed by atoms with Gasteiger partial charge in [0.15, 0.2) is 17.5 Å². The van der Waals surface area contributed by atoms with Gasteiger partial charge in [-0.05, 0) is 46.2 Å². The third-order valence-electron chi connectivity index (χ3n) is 5.93. The summed E-state index contributed by atoms with van der Waals surface area (Å²) in [7, 11) is 0. The molecule has 2 saturated heterocycles. The number of H-pyrrole nitrogens is 1. The van der Waals surface area contributed by atoms with Crippen molar-refractivity contribution in [2.75, 3.05) is 17.2 Å². The van der Waals surface area contributed by atoms with E-state index in [-0.39, 0.29) is 6.04 Å². The monoisotopic (exact) mass is 420 g/mol. The number of hydrogen-bond donors (Lipinski definition) is 3. The quantitative estimate of drug-likeness (QED) is 0.556. The second-order valence-corrected chi connectivity index (χ2v) is 8.02. The SMILES string of the molecule is C=Nc1nc(Nc2cc(C)[nH]n2)nc(N[C@@H]2C[C@H]3CC[C@@H](C2)N3CCC#N)c1/N=C\C. The Hall–Kier alpha value is -3.32. The topological polar surface area (TPSA) is 130 Å². The van der Waals surface area contributed by atoms with Gasteiger partial charge in [-0.3, -0.25) is 15.0 Å². The lowest BCUT2D eigenvalue weighted by Crippen LogP contribution is -2.47. The summed E-state index contributed by atoms with van der Waals surface area (Å²) in [6, 6.07) is 5.44. The molecule has 2 fully saturated rings. The fourth-order valence-electron chi connectivity index (χ4n) is 4.68. The number of aryl methyl sites for hydroxylation is 1. The highest BCUT2D eigenvalue weighted by molar-refractivity contribution is 5.79. The first-order valence-corrected chi connectivity index (χ1v) is 10.7. The molecule has 0 radical (unpaired) electrons. The van der Waals surface area contributed by atoms with Crippen molar-refractivity contribution in [3.8, 4) is 6.07 Å². The van der Waals surface area contributed by atoms with Gasteiger partial charge in [-0.1, -0.05) is 0 Å². The number of piperidine rings is 1. The van der Waals surface area contributed by atoms with Gasteiger partial charge in [-0.2, -0.15) is 20.3 Å². The predicted molar refractivity (Wildman–Crippen MR) is 122 cm³/mol. The number of aliphatic imine (C=N–C) groups is 2. The third kappa shape index (κ3) is 4.56. The Kier molecular flexibility index (Phi) is 6.23. The Morgan fingerprint density at radius 2 is 2.13 bits per heavy atom. The summed E-state index contributed by atoms with van der Waals surface area (Å²) in [4.78, 5) is 20.2. The van der Waals surface area contributed by atoms with Gasteiger partial charge in [0, 0.05) is 49.1 Å². The Morgan fingerprint density at radius 1 is 1.35 bits per heavy atom. The fraction of sp³-hybridized carbons (Fsp3) is 0.524. The minimum absolute atomic E-state index is 0.273. The van der Waals surface area contributed by atoms with E-state index in [2.05, 4.69) is 53.5 Å². The molecule has 3 N–H and O–H groups in total. The van der Waals surface area contributed by atoms with E-state index in [0.717, 1.165) is 25.1 Å².